The summed E-state index contributed by atoms with van der Waals surface area (Å²) in [6.07, 6.45) is 0. The van der Waals surface area contributed by atoms with Gasteiger partial charge in [-0.15, -0.1) is 0 Å². The van der Waals surface area contributed by atoms with Crippen LogP contribution in [0.1, 0.15) is 10.4 Å². The van der Waals surface area contributed by atoms with Crippen LogP contribution in [0.4, 0.5) is 8.78 Å². The first-order valence-electron chi connectivity index (χ1n) is 4.51. The van der Waals surface area contributed by atoms with E-state index in [4.69, 9.17) is 10.5 Å². The monoisotopic (exact) mass is 231 g/mol. The van der Waals surface area contributed by atoms with Crippen LogP contribution in [-0.4, -0.2) is 26.2 Å². The quantitative estimate of drug-likeness (QED) is 0.788. The lowest BCUT2D eigenvalue weighted by molar-refractivity contribution is 0.0588. The molecule has 0 aliphatic heterocycles. The van der Waals surface area contributed by atoms with Gasteiger partial charge in [0.15, 0.2) is 11.6 Å². The van der Waals surface area contributed by atoms with E-state index < -0.39 is 23.2 Å². The molecule has 0 amide bonds. The van der Waals surface area contributed by atoms with Gasteiger partial charge in [0.1, 0.15) is 18.0 Å². The zero-order chi connectivity index (χ0) is 12.1. The van der Waals surface area contributed by atoms with Gasteiger partial charge in [-0.3, -0.25) is 0 Å². The van der Waals surface area contributed by atoms with Gasteiger partial charge in [0.25, 0.3) is 0 Å². The van der Waals surface area contributed by atoms with Crippen molar-refractivity contribution in [3.8, 4) is 5.75 Å². The van der Waals surface area contributed by atoms with Crippen molar-refractivity contribution in [2.45, 2.75) is 0 Å². The third-order valence-corrected chi connectivity index (χ3v) is 1.82. The van der Waals surface area contributed by atoms with E-state index in [0.29, 0.717) is 0 Å². The minimum atomic E-state index is -1.09. The zero-order valence-corrected chi connectivity index (χ0v) is 8.63. The van der Waals surface area contributed by atoms with Crippen molar-refractivity contribution in [3.05, 3.63) is 29.3 Å². The van der Waals surface area contributed by atoms with Gasteiger partial charge in [-0.2, -0.15) is 0 Å². The van der Waals surface area contributed by atoms with Crippen LogP contribution >= 0.6 is 0 Å². The Morgan fingerprint density at radius 1 is 1.44 bits per heavy atom. The van der Waals surface area contributed by atoms with Gasteiger partial charge < -0.3 is 15.2 Å². The number of nitrogens with two attached hydrogens (primary N) is 1. The predicted molar refractivity (Wildman–Crippen MR) is 52.2 cm³/mol. The van der Waals surface area contributed by atoms with Crippen LogP contribution in [0.5, 0.6) is 5.75 Å². The van der Waals surface area contributed by atoms with Crippen LogP contribution in [0.15, 0.2) is 12.1 Å². The number of halogens is 2. The second-order valence-electron chi connectivity index (χ2n) is 2.86. The van der Waals surface area contributed by atoms with Gasteiger partial charge in [0.05, 0.1) is 7.11 Å². The molecule has 0 spiro atoms. The average molecular weight is 231 g/mol. The number of hydrogen-bond donors (Lipinski definition) is 1. The van der Waals surface area contributed by atoms with Crippen molar-refractivity contribution in [1.82, 2.24) is 0 Å². The largest absolute Gasteiger partial charge is 0.489 e. The highest BCUT2D eigenvalue weighted by atomic mass is 19.1. The van der Waals surface area contributed by atoms with E-state index in [-0.39, 0.29) is 18.9 Å². The molecule has 0 unspecified atom stereocenters. The number of benzene rings is 1. The number of ether oxygens (including phenoxy) is 2. The highest BCUT2D eigenvalue weighted by molar-refractivity contribution is 5.90. The summed E-state index contributed by atoms with van der Waals surface area (Å²) in [5.41, 5.74) is 4.40. The summed E-state index contributed by atoms with van der Waals surface area (Å²) in [6, 6.07) is 2.02. The number of carbonyl (C=O) groups is 1. The van der Waals surface area contributed by atoms with Crippen molar-refractivity contribution in [2.75, 3.05) is 20.3 Å². The van der Waals surface area contributed by atoms with Crippen molar-refractivity contribution < 1.29 is 23.0 Å². The molecule has 0 radical (unpaired) electrons. The SMILES string of the molecule is COC(=O)c1c(F)ccc(OCCN)c1F. The van der Waals surface area contributed by atoms with E-state index in [9.17, 15) is 13.6 Å². The lowest BCUT2D eigenvalue weighted by Crippen LogP contribution is -2.14. The van der Waals surface area contributed by atoms with Crippen LogP contribution in [0, 0.1) is 11.6 Å². The maximum absolute atomic E-state index is 13.6. The molecular weight excluding hydrogens is 220 g/mol. The minimum absolute atomic E-state index is 0.0726. The molecule has 16 heavy (non-hydrogen) atoms. The molecule has 1 rings (SSSR count). The molecule has 0 aromatic heterocycles. The topological polar surface area (TPSA) is 61.5 Å². The van der Waals surface area contributed by atoms with Crippen LogP contribution in [0.3, 0.4) is 0 Å². The summed E-state index contributed by atoms with van der Waals surface area (Å²) >= 11 is 0. The third kappa shape index (κ3) is 2.46. The summed E-state index contributed by atoms with van der Waals surface area (Å²) in [6.45, 7) is 0.257. The maximum Gasteiger partial charge on any atom is 0.344 e. The van der Waals surface area contributed by atoms with Crippen molar-refractivity contribution in [1.29, 1.82) is 0 Å². The fraction of sp³-hybridized carbons (Fsp3) is 0.300. The Morgan fingerprint density at radius 2 is 2.12 bits per heavy atom. The first kappa shape index (κ1) is 12.4. The number of methoxy groups -OCH3 is 1. The lowest BCUT2D eigenvalue weighted by atomic mass is 10.2. The Labute approximate surface area is 91.0 Å². The number of rotatable bonds is 4. The normalized spacial score (nSPS) is 10.0. The summed E-state index contributed by atoms with van der Waals surface area (Å²) < 4.78 is 35.9. The van der Waals surface area contributed by atoms with E-state index in [2.05, 4.69) is 4.74 Å². The van der Waals surface area contributed by atoms with Crippen LogP contribution in [0.25, 0.3) is 0 Å². The summed E-state index contributed by atoms with van der Waals surface area (Å²) in [7, 11) is 1.04. The summed E-state index contributed by atoms with van der Waals surface area (Å²) in [5.74, 6) is -3.40. The molecule has 0 bridgehead atoms. The fourth-order valence-electron chi connectivity index (χ4n) is 1.10. The average Bonchev–Trinajstić information content (AvgIpc) is 2.28. The van der Waals surface area contributed by atoms with Crippen LogP contribution < -0.4 is 10.5 Å². The Hall–Kier alpha value is -1.69. The van der Waals surface area contributed by atoms with Gasteiger partial charge in [-0.25, -0.2) is 13.6 Å². The molecule has 0 aliphatic carbocycles. The molecule has 6 heteroatoms. The fourth-order valence-corrected chi connectivity index (χ4v) is 1.10. The predicted octanol–water partition coefficient (Wildman–Crippen LogP) is 1.09. The molecule has 0 saturated heterocycles. The minimum Gasteiger partial charge on any atom is -0.489 e. The van der Waals surface area contributed by atoms with E-state index in [1.54, 1.807) is 0 Å². The van der Waals surface area contributed by atoms with Gasteiger partial charge in [0, 0.05) is 6.54 Å². The Balaban J connectivity index is 3.11. The van der Waals surface area contributed by atoms with Crippen molar-refractivity contribution >= 4 is 5.97 Å². The van der Waals surface area contributed by atoms with Gasteiger partial charge in [-0.1, -0.05) is 0 Å². The smallest absolute Gasteiger partial charge is 0.344 e. The molecule has 0 atom stereocenters. The zero-order valence-electron chi connectivity index (χ0n) is 8.63. The first-order chi connectivity index (χ1) is 7.61. The Bertz CT molecular complexity index is 396. The van der Waals surface area contributed by atoms with E-state index in [0.717, 1.165) is 19.2 Å². The van der Waals surface area contributed by atoms with E-state index in [1.807, 2.05) is 0 Å². The molecule has 1 aromatic carbocycles. The summed E-state index contributed by atoms with van der Waals surface area (Å²) in [5, 5.41) is 0. The number of hydrogen-bond acceptors (Lipinski definition) is 4. The van der Waals surface area contributed by atoms with E-state index >= 15 is 0 Å². The molecule has 1 aromatic rings. The number of carbonyl (C=O) groups excluding carboxylic acids is 1. The molecule has 0 saturated carbocycles. The lowest BCUT2D eigenvalue weighted by Gasteiger charge is -2.09. The summed E-state index contributed by atoms with van der Waals surface area (Å²) in [4.78, 5) is 11.1. The van der Waals surface area contributed by atoms with Gasteiger partial charge in [0.2, 0.25) is 0 Å². The molecule has 0 heterocycles. The highest BCUT2D eigenvalue weighted by Crippen LogP contribution is 2.23. The van der Waals surface area contributed by atoms with E-state index in [1.165, 1.54) is 0 Å². The van der Waals surface area contributed by atoms with Crippen molar-refractivity contribution in [2.24, 2.45) is 5.73 Å². The molecule has 2 N–H and O–H groups in total. The molecule has 0 aliphatic rings. The maximum atomic E-state index is 13.6. The highest BCUT2D eigenvalue weighted by Gasteiger charge is 2.21. The molecular formula is C10H11F2NO3. The van der Waals surface area contributed by atoms with Gasteiger partial charge >= 0.3 is 5.97 Å². The van der Waals surface area contributed by atoms with Crippen molar-refractivity contribution in [3.63, 3.8) is 0 Å². The standard InChI is InChI=1S/C10H11F2NO3/c1-15-10(14)8-6(11)2-3-7(9(8)12)16-5-4-13/h2-3H,4-5,13H2,1H3. The molecule has 0 fully saturated rings. The second-order valence-corrected chi connectivity index (χ2v) is 2.86. The third-order valence-electron chi connectivity index (χ3n) is 1.82. The molecule has 4 nitrogen and oxygen atoms in total. The Kier molecular flexibility index (Phi) is 4.19. The van der Waals surface area contributed by atoms with Crippen LogP contribution in [-0.2, 0) is 4.74 Å². The Morgan fingerprint density at radius 3 is 2.69 bits per heavy atom. The second kappa shape index (κ2) is 5.41. The van der Waals surface area contributed by atoms with Gasteiger partial charge in [-0.05, 0) is 12.1 Å². The van der Waals surface area contributed by atoms with Crippen LogP contribution in [0.2, 0.25) is 0 Å². The molecule has 88 valence electrons. The number of esters is 1. The first-order valence-corrected chi connectivity index (χ1v) is 4.51.